The second-order valence-electron chi connectivity index (χ2n) is 12.3. The topological polar surface area (TPSA) is 101 Å². The Labute approximate surface area is 271 Å². The van der Waals surface area contributed by atoms with Crippen LogP contribution in [0.5, 0.6) is 11.5 Å². The standard InChI is InChI=1S/C26H32F2N4O2.C8H7F2NO2/c1-15-12-31(13-16(2)30(15)3)23-8-7-20(17-5-6-17)26(29-23)32-14-18(9-24(32)33)25-21(27)10-19(34-4)11-22(25)28;9-8(10)13-6-3-1-5(2-4-6)7(11)12/h7-8,10-11,15-18H,5-6,9,12-14H2,1-4H3;1-4,8H,(H2,11,12). The van der Waals surface area contributed by atoms with Crippen LogP contribution in [0.2, 0.25) is 0 Å². The van der Waals surface area contributed by atoms with Gasteiger partial charge in [-0.05, 0) is 75.5 Å². The SMILES string of the molecule is COc1cc(F)c(C2CC(=O)N(c3nc(N4CC(C)N(C)C(C)C4)ccc3C3CC3)C2)c(F)c1.NC(=O)c1ccc(OC(F)F)cc1. The fourth-order valence-corrected chi connectivity index (χ4v) is 6.12. The molecule has 2 N–H and O–H groups in total. The number of aromatic nitrogens is 1. The van der Waals surface area contributed by atoms with Crippen LogP contribution in [0.1, 0.15) is 66.4 Å². The number of anilines is 2. The van der Waals surface area contributed by atoms with Gasteiger partial charge in [0, 0.05) is 67.3 Å². The molecule has 6 rings (SSSR count). The Morgan fingerprint density at radius 3 is 2.09 bits per heavy atom. The lowest BCUT2D eigenvalue weighted by Crippen LogP contribution is -2.55. The number of primary amides is 1. The van der Waals surface area contributed by atoms with Crippen molar-refractivity contribution in [3.8, 4) is 11.5 Å². The van der Waals surface area contributed by atoms with E-state index in [-0.39, 0.29) is 41.5 Å². The zero-order chi connectivity index (χ0) is 34.0. The number of pyridine rings is 1. The van der Waals surface area contributed by atoms with E-state index in [1.165, 1.54) is 43.5 Å². The molecular weight excluding hydrogens is 618 g/mol. The number of nitrogens with two attached hydrogens (primary N) is 1. The molecule has 252 valence electrons. The van der Waals surface area contributed by atoms with E-state index >= 15 is 0 Å². The first-order valence-electron chi connectivity index (χ1n) is 15.5. The van der Waals surface area contributed by atoms with Crippen molar-refractivity contribution in [3.05, 3.63) is 76.9 Å². The maximum absolute atomic E-state index is 14.8. The van der Waals surface area contributed by atoms with Crippen LogP contribution in [0.4, 0.5) is 29.2 Å². The molecule has 3 heterocycles. The second-order valence-corrected chi connectivity index (χ2v) is 12.3. The molecule has 1 saturated carbocycles. The molecule has 3 aliphatic rings. The van der Waals surface area contributed by atoms with Gasteiger partial charge in [-0.1, -0.05) is 6.07 Å². The number of carbonyl (C=O) groups is 2. The summed E-state index contributed by atoms with van der Waals surface area (Å²) in [5.74, 6) is -0.661. The van der Waals surface area contributed by atoms with E-state index in [0.717, 1.165) is 37.3 Å². The predicted molar refractivity (Wildman–Crippen MR) is 169 cm³/mol. The molecule has 0 spiro atoms. The number of halogens is 4. The molecule has 3 fully saturated rings. The first-order valence-corrected chi connectivity index (χ1v) is 15.5. The Kier molecular flexibility index (Phi) is 10.2. The number of hydrogen-bond acceptors (Lipinski definition) is 7. The van der Waals surface area contributed by atoms with Gasteiger partial charge in [-0.3, -0.25) is 19.4 Å². The molecule has 0 bridgehead atoms. The quantitative estimate of drug-likeness (QED) is 0.311. The van der Waals surface area contributed by atoms with Crippen LogP contribution in [0.15, 0.2) is 48.5 Å². The number of nitrogens with zero attached hydrogens (tertiary/aromatic N) is 4. The van der Waals surface area contributed by atoms with Gasteiger partial charge in [-0.15, -0.1) is 0 Å². The summed E-state index contributed by atoms with van der Waals surface area (Å²) in [6.45, 7) is 3.47. The van der Waals surface area contributed by atoms with Crippen molar-refractivity contribution in [2.75, 3.05) is 43.6 Å². The van der Waals surface area contributed by atoms with Crippen LogP contribution in [0.25, 0.3) is 0 Å². The van der Waals surface area contributed by atoms with Crippen molar-refractivity contribution in [1.82, 2.24) is 9.88 Å². The van der Waals surface area contributed by atoms with Crippen LogP contribution in [-0.4, -0.2) is 74.2 Å². The zero-order valence-corrected chi connectivity index (χ0v) is 26.8. The summed E-state index contributed by atoms with van der Waals surface area (Å²) < 4.78 is 61.9. The van der Waals surface area contributed by atoms with Gasteiger partial charge in [0.15, 0.2) is 0 Å². The highest BCUT2D eigenvalue weighted by Crippen LogP contribution is 2.46. The summed E-state index contributed by atoms with van der Waals surface area (Å²) in [6.07, 6.45) is 2.20. The minimum absolute atomic E-state index is 0.000000000000000444. The van der Waals surface area contributed by atoms with E-state index in [1.54, 1.807) is 4.90 Å². The highest BCUT2D eigenvalue weighted by molar-refractivity contribution is 5.96. The molecule has 1 aromatic heterocycles. The lowest BCUT2D eigenvalue weighted by Gasteiger charge is -2.43. The third-order valence-electron chi connectivity index (χ3n) is 9.03. The predicted octanol–water partition coefficient (Wildman–Crippen LogP) is 5.68. The Morgan fingerprint density at radius 2 is 1.55 bits per heavy atom. The average molecular weight is 658 g/mol. The van der Waals surface area contributed by atoms with Gasteiger partial charge in [0.25, 0.3) is 0 Å². The number of alkyl halides is 2. The Hall–Kier alpha value is -4.39. The van der Waals surface area contributed by atoms with Crippen molar-refractivity contribution in [2.45, 2.75) is 63.6 Å². The van der Waals surface area contributed by atoms with Crippen molar-refractivity contribution in [1.29, 1.82) is 0 Å². The number of rotatable bonds is 8. The van der Waals surface area contributed by atoms with E-state index in [4.69, 9.17) is 15.5 Å². The zero-order valence-electron chi connectivity index (χ0n) is 26.8. The largest absolute Gasteiger partial charge is 0.497 e. The van der Waals surface area contributed by atoms with Crippen LogP contribution in [0.3, 0.4) is 0 Å². The number of amides is 2. The molecule has 3 unspecified atom stereocenters. The second kappa shape index (κ2) is 14.2. The summed E-state index contributed by atoms with van der Waals surface area (Å²) in [4.78, 5) is 35.0. The number of benzene rings is 2. The van der Waals surface area contributed by atoms with Gasteiger partial charge in [-0.2, -0.15) is 8.78 Å². The number of methoxy groups -OCH3 is 1. The first-order chi connectivity index (χ1) is 22.4. The highest BCUT2D eigenvalue weighted by atomic mass is 19.3. The van der Waals surface area contributed by atoms with Crippen molar-refractivity contribution < 1.29 is 36.6 Å². The summed E-state index contributed by atoms with van der Waals surface area (Å²) in [7, 11) is 3.51. The van der Waals surface area contributed by atoms with Gasteiger partial charge in [0.2, 0.25) is 11.8 Å². The molecule has 2 saturated heterocycles. The molecule has 3 aromatic rings. The minimum atomic E-state index is -2.86. The molecule has 9 nitrogen and oxygen atoms in total. The number of piperazine rings is 1. The monoisotopic (exact) mass is 657 g/mol. The van der Waals surface area contributed by atoms with Gasteiger partial charge < -0.3 is 20.1 Å². The Bertz CT molecular complexity index is 1570. The first kappa shape index (κ1) is 34.0. The van der Waals surface area contributed by atoms with Crippen molar-refractivity contribution in [3.63, 3.8) is 0 Å². The van der Waals surface area contributed by atoms with E-state index in [2.05, 4.69) is 47.6 Å². The Morgan fingerprint density at radius 1 is 0.936 bits per heavy atom. The van der Waals surface area contributed by atoms with Crippen molar-refractivity contribution in [2.24, 2.45) is 5.73 Å². The molecule has 1 aliphatic carbocycles. The molecule has 13 heteroatoms. The fourth-order valence-electron chi connectivity index (χ4n) is 6.12. The maximum atomic E-state index is 14.8. The minimum Gasteiger partial charge on any atom is -0.497 e. The number of hydrogen-bond donors (Lipinski definition) is 1. The molecule has 2 aromatic carbocycles. The van der Waals surface area contributed by atoms with Crippen LogP contribution in [-0.2, 0) is 4.79 Å². The molecular formula is C34H39F4N5O4. The highest BCUT2D eigenvalue weighted by Gasteiger charge is 2.39. The van der Waals surface area contributed by atoms with Crippen LogP contribution >= 0.6 is 0 Å². The van der Waals surface area contributed by atoms with Crippen LogP contribution < -0.4 is 25.0 Å². The van der Waals surface area contributed by atoms with Gasteiger partial charge in [-0.25, -0.2) is 13.8 Å². The van der Waals surface area contributed by atoms with Gasteiger partial charge >= 0.3 is 6.61 Å². The summed E-state index contributed by atoms with van der Waals surface area (Å²) in [5, 5.41) is 0. The maximum Gasteiger partial charge on any atom is 0.387 e. The lowest BCUT2D eigenvalue weighted by atomic mass is 9.97. The molecule has 3 atom stereocenters. The lowest BCUT2D eigenvalue weighted by molar-refractivity contribution is -0.117. The molecule has 2 aliphatic heterocycles. The molecule has 2 amide bonds. The summed E-state index contributed by atoms with van der Waals surface area (Å²) in [5.41, 5.74) is 6.19. The molecule has 0 radical (unpaired) electrons. The fraction of sp³-hybridized carbons (Fsp3) is 0.441. The summed E-state index contributed by atoms with van der Waals surface area (Å²) in [6, 6.07) is 12.4. The van der Waals surface area contributed by atoms with Gasteiger partial charge in [0.1, 0.15) is 34.8 Å². The summed E-state index contributed by atoms with van der Waals surface area (Å²) >= 11 is 0. The number of carbonyl (C=O) groups excluding carboxylic acids is 2. The van der Waals surface area contributed by atoms with Crippen molar-refractivity contribution >= 4 is 23.5 Å². The number of likely N-dealkylation sites (N-methyl/N-ethyl adjacent to an activating group) is 1. The normalized spacial score (nSPS) is 21.5. The molecule has 47 heavy (non-hydrogen) atoms. The number of ether oxygens (including phenoxy) is 2. The Balaban J connectivity index is 0.000000281. The third-order valence-corrected chi connectivity index (χ3v) is 9.03. The van der Waals surface area contributed by atoms with Crippen LogP contribution in [0, 0.1) is 11.6 Å². The van der Waals surface area contributed by atoms with E-state index in [9.17, 15) is 27.2 Å². The third kappa shape index (κ3) is 7.78. The van der Waals surface area contributed by atoms with Gasteiger partial charge in [0.05, 0.1) is 7.11 Å². The van der Waals surface area contributed by atoms with E-state index < -0.39 is 30.1 Å². The van der Waals surface area contributed by atoms with E-state index in [0.29, 0.717) is 23.8 Å². The smallest absolute Gasteiger partial charge is 0.387 e. The van der Waals surface area contributed by atoms with E-state index in [1.807, 2.05) is 0 Å². The average Bonchev–Trinajstić information content (AvgIpc) is 3.80.